The molecule has 0 unspecified atom stereocenters. The summed E-state index contributed by atoms with van der Waals surface area (Å²) in [6.07, 6.45) is -2.45. The summed E-state index contributed by atoms with van der Waals surface area (Å²) in [6, 6.07) is -2.01. The minimum absolute atomic E-state index is 0.0617. The van der Waals surface area contributed by atoms with Gasteiger partial charge in [-0.25, -0.2) is 4.79 Å². The van der Waals surface area contributed by atoms with Crippen molar-refractivity contribution < 1.29 is 44.7 Å². The van der Waals surface area contributed by atoms with Crippen molar-refractivity contribution in [2.24, 2.45) is 5.73 Å². The summed E-state index contributed by atoms with van der Waals surface area (Å²) < 4.78 is 0. The quantitative estimate of drug-likeness (QED) is 0.175. The fraction of sp³-hybridized carbons (Fsp3) is 0.545. The first-order valence-corrected chi connectivity index (χ1v) is 12.1. The lowest BCUT2D eigenvalue weighted by Crippen LogP contribution is -2.65. The number of nitrogens with two attached hydrogens (primary N) is 1. The zero-order valence-electron chi connectivity index (χ0n) is 20.2. The number of aliphatic carboxylic acids is 3. The van der Waals surface area contributed by atoms with E-state index in [1.165, 1.54) is 0 Å². The van der Waals surface area contributed by atoms with Gasteiger partial charge in [-0.05, 0) is 44.5 Å². The predicted molar refractivity (Wildman–Crippen MR) is 134 cm³/mol. The fourth-order valence-electron chi connectivity index (χ4n) is 3.75. The molecule has 5 atom stereocenters. The van der Waals surface area contributed by atoms with Crippen LogP contribution < -0.4 is 21.7 Å². The Hall–Kier alpha value is -2.68. The summed E-state index contributed by atoms with van der Waals surface area (Å²) >= 11 is 11.5. The van der Waals surface area contributed by atoms with Crippen molar-refractivity contribution in [3.63, 3.8) is 0 Å². The van der Waals surface area contributed by atoms with Crippen LogP contribution in [0.3, 0.4) is 0 Å². The third-order valence-corrected chi connectivity index (χ3v) is 6.34. The molecule has 1 aliphatic heterocycles. The number of hydrogen-bond acceptors (Lipinski definition) is 9. The second-order valence-electron chi connectivity index (χ2n) is 8.31. The monoisotopic (exact) mass is 566 g/mol. The summed E-state index contributed by atoms with van der Waals surface area (Å²) in [5.74, 6) is -5.89. The van der Waals surface area contributed by atoms with E-state index in [-0.39, 0.29) is 34.9 Å². The van der Waals surface area contributed by atoms with Crippen molar-refractivity contribution in [3.05, 3.63) is 27.7 Å². The maximum Gasteiger partial charge on any atom is 0.326 e. The first-order chi connectivity index (χ1) is 17.2. The molecule has 0 aliphatic carbocycles. The topological polar surface area (TPSA) is 232 Å². The second kappa shape index (κ2) is 14.3. The molecule has 1 saturated heterocycles. The van der Waals surface area contributed by atoms with Gasteiger partial charge in [0.15, 0.2) is 5.75 Å². The van der Waals surface area contributed by atoms with Gasteiger partial charge in [0.1, 0.15) is 23.7 Å². The van der Waals surface area contributed by atoms with Crippen LogP contribution in [0, 0.1) is 0 Å². The number of phenols is 1. The van der Waals surface area contributed by atoms with Gasteiger partial charge >= 0.3 is 17.9 Å². The Labute approximate surface area is 222 Å². The molecule has 1 aromatic carbocycles. The number of carboxylic acids is 3. The number of halogens is 2. The summed E-state index contributed by atoms with van der Waals surface area (Å²) in [4.78, 5) is 47.0. The molecule has 1 aromatic rings. The standard InChI is InChI=1S/C18H21Cl2N3O9.C4H11N/c19-8-3-6(4-9(20)12(8)24)14(26)22-10(15(27)28)5-7-1-2-18(23-7,17(31)32)13(25)11(21)16(29)30;1-3-5-4-2/h3-4,7,10-11,13,23-25H,1-2,5,21H2,(H,22,26)(H,27,28)(H,29,30)(H,31,32);5H,3-4H2,1-2H3/t7-,10+,11-,13+,18-;/m1./s1. The number of aliphatic hydroxyl groups is 1. The van der Waals surface area contributed by atoms with E-state index in [1.54, 1.807) is 0 Å². The molecule has 10 N–H and O–H groups in total. The van der Waals surface area contributed by atoms with Crippen LogP contribution >= 0.6 is 23.2 Å². The molecule has 15 heteroatoms. The van der Waals surface area contributed by atoms with Crippen LogP contribution in [0.4, 0.5) is 0 Å². The maximum atomic E-state index is 12.4. The van der Waals surface area contributed by atoms with Gasteiger partial charge in [-0.15, -0.1) is 0 Å². The van der Waals surface area contributed by atoms with Crippen LogP contribution in [0.2, 0.25) is 10.0 Å². The normalized spacial score (nSPS) is 21.2. The first-order valence-electron chi connectivity index (χ1n) is 11.3. The Kier molecular flexibility index (Phi) is 12.5. The number of benzene rings is 1. The van der Waals surface area contributed by atoms with Crippen molar-refractivity contribution in [2.75, 3.05) is 13.1 Å². The summed E-state index contributed by atoms with van der Waals surface area (Å²) in [6.45, 7) is 6.39. The molecule has 13 nitrogen and oxygen atoms in total. The van der Waals surface area contributed by atoms with Crippen molar-refractivity contribution in [1.82, 2.24) is 16.0 Å². The lowest BCUT2D eigenvalue weighted by molar-refractivity contribution is -0.153. The van der Waals surface area contributed by atoms with Gasteiger partial charge in [-0.1, -0.05) is 37.0 Å². The molecular formula is C22H32Cl2N4O9. The number of aromatic hydroxyl groups is 1. The van der Waals surface area contributed by atoms with Crippen LogP contribution in [-0.4, -0.2) is 92.2 Å². The lowest BCUT2D eigenvalue weighted by Gasteiger charge is -2.33. The van der Waals surface area contributed by atoms with Crippen LogP contribution in [0.15, 0.2) is 12.1 Å². The van der Waals surface area contributed by atoms with Crippen LogP contribution in [-0.2, 0) is 14.4 Å². The van der Waals surface area contributed by atoms with E-state index in [0.717, 1.165) is 25.2 Å². The SMILES string of the molecule is CCNCC.N[C@@H](C(=O)O)[C@H](O)[C@@]1(C(=O)O)CC[C@H](C[C@H](NC(=O)c2cc(Cl)c(O)c(Cl)c2)C(=O)O)N1. The van der Waals surface area contributed by atoms with E-state index < -0.39 is 59.3 Å². The molecular weight excluding hydrogens is 535 g/mol. The molecule has 0 spiro atoms. The number of carboxylic acid groups (broad SMARTS) is 3. The zero-order valence-corrected chi connectivity index (χ0v) is 21.7. The van der Waals surface area contributed by atoms with E-state index in [0.29, 0.717) is 0 Å². The molecule has 2 rings (SSSR count). The number of aliphatic hydroxyl groups excluding tert-OH is 1. The number of phenolic OH excluding ortho intramolecular Hbond substituents is 1. The highest BCUT2D eigenvalue weighted by atomic mass is 35.5. The molecule has 0 radical (unpaired) electrons. The third-order valence-electron chi connectivity index (χ3n) is 5.76. The van der Waals surface area contributed by atoms with Gasteiger partial charge in [-0.3, -0.25) is 19.7 Å². The maximum absolute atomic E-state index is 12.4. The molecule has 0 saturated carbocycles. The number of rotatable bonds is 11. The smallest absolute Gasteiger partial charge is 0.326 e. The largest absolute Gasteiger partial charge is 0.505 e. The zero-order chi connectivity index (χ0) is 28.5. The highest BCUT2D eigenvalue weighted by Crippen LogP contribution is 2.33. The average Bonchev–Trinajstić information content (AvgIpc) is 3.26. The minimum Gasteiger partial charge on any atom is -0.505 e. The molecule has 208 valence electrons. The van der Waals surface area contributed by atoms with Gasteiger partial charge in [0, 0.05) is 11.6 Å². The molecule has 1 heterocycles. The Morgan fingerprint density at radius 1 is 1.11 bits per heavy atom. The van der Waals surface area contributed by atoms with Gasteiger partial charge in [0.2, 0.25) is 0 Å². The van der Waals surface area contributed by atoms with E-state index in [9.17, 15) is 39.6 Å². The number of carbonyl (C=O) groups excluding carboxylic acids is 1. The molecule has 1 amide bonds. The average molecular weight is 567 g/mol. The molecule has 0 bridgehead atoms. The lowest BCUT2D eigenvalue weighted by atomic mass is 9.86. The fourth-order valence-corrected chi connectivity index (χ4v) is 4.24. The van der Waals surface area contributed by atoms with Gasteiger partial charge in [0.25, 0.3) is 5.91 Å². The molecule has 37 heavy (non-hydrogen) atoms. The van der Waals surface area contributed by atoms with E-state index in [1.807, 2.05) is 0 Å². The van der Waals surface area contributed by atoms with Crippen LogP contribution in [0.5, 0.6) is 5.75 Å². The Balaban J connectivity index is 0.00000124. The van der Waals surface area contributed by atoms with Gasteiger partial charge < -0.3 is 41.9 Å². The van der Waals surface area contributed by atoms with Crippen molar-refractivity contribution >= 4 is 47.0 Å². The summed E-state index contributed by atoms with van der Waals surface area (Å²) in [7, 11) is 0. The number of nitrogens with one attached hydrogen (secondary N) is 3. The Morgan fingerprint density at radius 3 is 2.05 bits per heavy atom. The summed E-state index contributed by atoms with van der Waals surface area (Å²) in [5, 5.41) is 55.4. The highest BCUT2D eigenvalue weighted by molar-refractivity contribution is 6.37. The van der Waals surface area contributed by atoms with Crippen LogP contribution in [0.25, 0.3) is 0 Å². The third kappa shape index (κ3) is 8.42. The van der Waals surface area contributed by atoms with Crippen molar-refractivity contribution in [2.45, 2.75) is 62.9 Å². The Bertz CT molecular complexity index is 972. The Morgan fingerprint density at radius 2 is 1.65 bits per heavy atom. The van der Waals surface area contributed by atoms with E-state index in [2.05, 4.69) is 29.8 Å². The van der Waals surface area contributed by atoms with Gasteiger partial charge in [0.05, 0.1) is 10.0 Å². The van der Waals surface area contributed by atoms with Gasteiger partial charge in [-0.2, -0.15) is 0 Å². The second-order valence-corrected chi connectivity index (χ2v) is 9.13. The number of carbonyl (C=O) groups is 4. The predicted octanol–water partition coefficient (Wildman–Crippen LogP) is 0.236. The van der Waals surface area contributed by atoms with E-state index in [4.69, 9.17) is 34.0 Å². The number of amides is 1. The number of hydrogen-bond donors (Lipinski definition) is 9. The van der Waals surface area contributed by atoms with E-state index >= 15 is 0 Å². The van der Waals surface area contributed by atoms with Crippen molar-refractivity contribution in [3.8, 4) is 5.75 Å². The molecule has 1 fully saturated rings. The molecule has 0 aromatic heterocycles. The van der Waals surface area contributed by atoms with Crippen molar-refractivity contribution in [1.29, 1.82) is 0 Å². The highest BCUT2D eigenvalue weighted by Gasteiger charge is 2.54. The first kappa shape index (κ1) is 32.3. The summed E-state index contributed by atoms with van der Waals surface area (Å²) in [5.41, 5.74) is 3.16. The minimum atomic E-state index is -2.10. The molecule has 1 aliphatic rings. The van der Waals surface area contributed by atoms with Crippen LogP contribution in [0.1, 0.15) is 43.5 Å².